The first kappa shape index (κ1) is 78.4. The summed E-state index contributed by atoms with van der Waals surface area (Å²) in [6.45, 7) is 6.07. The van der Waals surface area contributed by atoms with Crippen molar-refractivity contribution < 1.29 is 86.9 Å². The van der Waals surface area contributed by atoms with Crippen molar-refractivity contribution in [3.63, 3.8) is 0 Å². The zero-order valence-corrected chi connectivity index (χ0v) is 54.4. The van der Waals surface area contributed by atoms with Crippen LogP contribution in [0.1, 0.15) is 117 Å². The van der Waals surface area contributed by atoms with Crippen molar-refractivity contribution in [1.82, 2.24) is 63.5 Å². The summed E-state index contributed by atoms with van der Waals surface area (Å²) in [5, 5.41) is 46.4. The quantitative estimate of drug-likeness (QED) is 0.0326. The number of hydrogen-bond donors (Lipinski definition) is 17. The summed E-state index contributed by atoms with van der Waals surface area (Å²) in [5.74, 6) is -18.1. The van der Waals surface area contributed by atoms with E-state index in [0.717, 1.165) is 18.2 Å². The largest absolute Gasteiger partial charge is 0.481 e. The van der Waals surface area contributed by atoms with Gasteiger partial charge < -0.3 is 95.6 Å². The molecule has 0 spiro atoms. The molecule has 20 N–H and O–H groups in total. The second-order valence-corrected chi connectivity index (χ2v) is 23.6. The number of carbonyl (C=O) groups is 15. The van der Waals surface area contributed by atoms with Gasteiger partial charge in [-0.3, -0.25) is 67.1 Å². The number of esters is 1. The van der Waals surface area contributed by atoms with E-state index < -0.39 is 188 Å². The first-order valence-electron chi connectivity index (χ1n) is 31.7. The first-order chi connectivity index (χ1) is 45.5. The molecule has 33 nitrogen and oxygen atoms in total. The summed E-state index contributed by atoms with van der Waals surface area (Å²) in [6.07, 6.45) is -3.16. The second-order valence-electron chi connectivity index (χ2n) is 23.6. The number of nitrogens with two attached hydrogens (primary N) is 3. The van der Waals surface area contributed by atoms with Crippen LogP contribution in [0.5, 0.6) is 0 Å². The van der Waals surface area contributed by atoms with Crippen LogP contribution in [0.25, 0.3) is 10.9 Å². The highest BCUT2D eigenvalue weighted by molar-refractivity contribution is 6.00. The number of para-hydroxylation sites is 1. The van der Waals surface area contributed by atoms with Gasteiger partial charge in [0, 0.05) is 30.5 Å². The third kappa shape index (κ3) is 26.4. The molecule has 1 saturated heterocycles. The molecule has 3 aromatic rings. The lowest BCUT2D eigenvalue weighted by molar-refractivity contribution is -0.156. The standard InChI is InChI=1S/C63H91N15O18/c1-6-33(3)15-11-14-20-48(80)77-54-35(5)96-63(95)46(25-36-16-9-8-10-17-36)76-58(90)41(22-24-65)72-61(93)53(34(4)7-2)78-60(92)42(27-38-26-37-18-12-13-19-39(37)69-38)70-49(81)31-67-56(88)45(30-52(85)86)75-59(91)43(28-47(66)79)71-50(82)32-68-55(87)44(29-51(83)84)74-57(89)40(21-23-64)73-62(54)94/h8-10,12-13,16-19,26,33-35,40-46,53-54,69H,6-7,11,14-15,20-25,27-32,64-65H2,1-5H3,(H2,66,79)(H,67,88)(H,68,87)(H,70,81)(H,71,82)(H,72,93)(H,73,94)(H,74,89)(H,75,91)(H,76,90)(H,77,80)(H,78,92)(H,83,84)(H,85,86). The number of carboxylic acid groups (broad SMARTS) is 2. The van der Waals surface area contributed by atoms with Gasteiger partial charge in [-0.15, -0.1) is 0 Å². The predicted octanol–water partition coefficient (Wildman–Crippen LogP) is -3.33. The van der Waals surface area contributed by atoms with Gasteiger partial charge in [-0.1, -0.05) is 102 Å². The Bertz CT molecular complexity index is 3210. The summed E-state index contributed by atoms with van der Waals surface area (Å²) in [5.41, 5.74) is 18.8. The number of carbonyl (C=O) groups excluding carboxylic acids is 13. The molecule has 526 valence electrons. The summed E-state index contributed by atoms with van der Waals surface area (Å²) < 4.78 is 5.91. The van der Waals surface area contributed by atoms with E-state index in [1.807, 2.05) is 13.8 Å². The molecule has 12 unspecified atom stereocenters. The normalized spacial score (nSPS) is 23.8. The van der Waals surface area contributed by atoms with E-state index in [4.69, 9.17) is 21.9 Å². The molecule has 1 aliphatic heterocycles. The Kier molecular flexibility index (Phi) is 32.3. The fraction of sp³-hybridized carbons (Fsp3) is 0.540. The summed E-state index contributed by atoms with van der Waals surface area (Å²) >= 11 is 0. The Hall–Kier alpha value is -10.1. The summed E-state index contributed by atoms with van der Waals surface area (Å²) in [7, 11) is 0. The Morgan fingerprint density at radius 3 is 1.60 bits per heavy atom. The number of ether oxygens (including phenoxy) is 1. The van der Waals surface area contributed by atoms with Gasteiger partial charge in [0.1, 0.15) is 60.5 Å². The zero-order valence-electron chi connectivity index (χ0n) is 54.4. The van der Waals surface area contributed by atoms with E-state index in [9.17, 15) is 82.1 Å². The van der Waals surface area contributed by atoms with Crippen LogP contribution in [0.4, 0.5) is 0 Å². The molecule has 0 radical (unpaired) electrons. The molecule has 0 saturated carbocycles. The van der Waals surface area contributed by atoms with Gasteiger partial charge >= 0.3 is 17.9 Å². The number of rotatable bonds is 23. The number of H-pyrrole nitrogens is 1. The highest BCUT2D eigenvalue weighted by Gasteiger charge is 2.39. The number of cyclic esters (lactones) is 1. The minimum absolute atomic E-state index is 0.104. The first-order valence-corrected chi connectivity index (χ1v) is 31.7. The highest BCUT2D eigenvalue weighted by atomic mass is 16.5. The smallest absolute Gasteiger partial charge is 0.329 e. The number of aromatic nitrogens is 1. The lowest BCUT2D eigenvalue weighted by atomic mass is 9.96. The van der Waals surface area contributed by atoms with Crippen LogP contribution >= 0.6 is 0 Å². The number of amides is 12. The maximum Gasteiger partial charge on any atom is 0.329 e. The van der Waals surface area contributed by atoms with Crippen molar-refractivity contribution >= 4 is 99.7 Å². The number of primary amides is 1. The van der Waals surface area contributed by atoms with Crippen molar-refractivity contribution in [2.24, 2.45) is 29.0 Å². The molecule has 33 heteroatoms. The third-order valence-corrected chi connectivity index (χ3v) is 15.9. The number of hydrogen-bond acceptors (Lipinski definition) is 18. The van der Waals surface area contributed by atoms with E-state index in [1.165, 1.54) is 6.92 Å². The van der Waals surface area contributed by atoms with Gasteiger partial charge in [-0.05, 0) is 74.2 Å². The van der Waals surface area contributed by atoms with Crippen LogP contribution < -0.4 is 75.7 Å². The number of aliphatic carboxylic acids is 2. The number of fused-ring (bicyclic) bond motifs is 1. The minimum atomic E-state index is -2.03. The predicted molar refractivity (Wildman–Crippen MR) is 344 cm³/mol. The lowest BCUT2D eigenvalue weighted by Crippen LogP contribution is -2.61. The van der Waals surface area contributed by atoms with Gasteiger partial charge in [0.2, 0.25) is 70.9 Å². The van der Waals surface area contributed by atoms with Crippen molar-refractivity contribution in [3.8, 4) is 0 Å². The number of carboxylic acids is 2. The van der Waals surface area contributed by atoms with Crippen LogP contribution in [-0.4, -0.2) is 191 Å². The van der Waals surface area contributed by atoms with E-state index >= 15 is 0 Å². The molecule has 2 aromatic carbocycles. The minimum Gasteiger partial charge on any atom is -0.481 e. The van der Waals surface area contributed by atoms with E-state index in [1.54, 1.807) is 74.5 Å². The maximum atomic E-state index is 14.6. The van der Waals surface area contributed by atoms with E-state index in [0.29, 0.717) is 35.5 Å². The molecule has 2 heterocycles. The molecule has 12 amide bonds. The van der Waals surface area contributed by atoms with Gasteiger partial charge in [-0.2, -0.15) is 0 Å². The molecule has 1 fully saturated rings. The molecule has 12 atom stereocenters. The molecule has 0 aliphatic carbocycles. The highest BCUT2D eigenvalue weighted by Crippen LogP contribution is 2.18. The fourth-order valence-corrected chi connectivity index (χ4v) is 10.1. The van der Waals surface area contributed by atoms with E-state index in [2.05, 4.69) is 63.5 Å². The fourth-order valence-electron chi connectivity index (χ4n) is 10.1. The third-order valence-electron chi connectivity index (χ3n) is 15.9. The molecule has 4 rings (SSSR count). The van der Waals surface area contributed by atoms with Crippen LogP contribution in [0.3, 0.4) is 0 Å². The summed E-state index contributed by atoms with van der Waals surface area (Å²) in [4.78, 5) is 208. The topological polar surface area (TPSA) is 532 Å². The SMILES string of the molecule is CCC(C)CCCCC(=O)NC1C(=O)NC(CCN)C(=O)NC(CC(=O)O)C(=O)NCC(=O)NC(CC(N)=O)C(=O)NC(CC(=O)O)C(=O)NCC(=O)NC(Cc2cc3ccccc3[nH]2)C(=O)NC(C(C)CC)C(=O)NC(CCN)C(=O)NC(Cc2ccccc2)C(=O)OC1C. The molecule has 1 aliphatic rings. The number of aromatic amines is 1. The molecule has 96 heavy (non-hydrogen) atoms. The molecular formula is C63H91N15O18. The van der Waals surface area contributed by atoms with Gasteiger partial charge in [-0.25, -0.2) is 4.79 Å². The number of benzene rings is 2. The molecule has 0 bridgehead atoms. The van der Waals surface area contributed by atoms with Gasteiger partial charge in [0.25, 0.3) is 0 Å². The second kappa shape index (κ2) is 39.6. The maximum absolute atomic E-state index is 14.6. The molecule has 1 aromatic heterocycles. The van der Waals surface area contributed by atoms with E-state index in [-0.39, 0.29) is 51.6 Å². The van der Waals surface area contributed by atoms with Crippen LogP contribution in [0, 0.1) is 11.8 Å². The van der Waals surface area contributed by atoms with Gasteiger partial charge in [0.15, 0.2) is 0 Å². The Morgan fingerprint density at radius 2 is 1.07 bits per heavy atom. The Labute approximate surface area is 553 Å². The zero-order chi connectivity index (χ0) is 71.2. The monoisotopic (exact) mass is 1350 g/mol. The average Bonchev–Trinajstić information content (AvgIpc) is 1.84. The lowest BCUT2D eigenvalue weighted by Gasteiger charge is -2.30. The van der Waals surface area contributed by atoms with Crippen LogP contribution in [0.2, 0.25) is 0 Å². The van der Waals surface area contributed by atoms with Crippen molar-refractivity contribution in [1.29, 1.82) is 0 Å². The summed E-state index contributed by atoms with van der Waals surface area (Å²) in [6, 6.07) is 1.46. The number of nitrogens with one attached hydrogen (secondary N) is 12. The van der Waals surface area contributed by atoms with Crippen molar-refractivity contribution in [2.45, 2.75) is 179 Å². The van der Waals surface area contributed by atoms with Crippen molar-refractivity contribution in [2.75, 3.05) is 26.2 Å². The van der Waals surface area contributed by atoms with Crippen LogP contribution in [-0.2, 0) is 89.5 Å². The average molecular weight is 1350 g/mol. The van der Waals surface area contributed by atoms with Crippen molar-refractivity contribution in [3.05, 3.63) is 71.9 Å². The van der Waals surface area contributed by atoms with Crippen LogP contribution in [0.15, 0.2) is 60.7 Å². The molecular weight excluding hydrogens is 1250 g/mol. The van der Waals surface area contributed by atoms with Gasteiger partial charge in [0.05, 0.1) is 32.4 Å². The Balaban J connectivity index is 1.84. The number of unbranched alkanes of at least 4 members (excludes halogenated alkanes) is 1. The Morgan fingerprint density at radius 1 is 0.573 bits per heavy atom.